The Morgan fingerprint density at radius 3 is 2.68 bits per heavy atom. The maximum Gasteiger partial charge on any atom is 0.328 e. The maximum atomic E-state index is 11.8. The van der Waals surface area contributed by atoms with Crippen LogP contribution in [0, 0.1) is 0 Å². The Balaban J connectivity index is 2.56. The lowest BCUT2D eigenvalue weighted by molar-refractivity contribution is -0.138. The molecule has 8 heteroatoms. The number of nitrogens with zero attached hydrogens (tertiary/aromatic N) is 2. The molecule has 0 fully saturated rings. The molecule has 1 heterocycles. The van der Waals surface area contributed by atoms with Crippen molar-refractivity contribution in [2.75, 3.05) is 13.6 Å². The summed E-state index contributed by atoms with van der Waals surface area (Å²) in [7, 11) is 1.53. The summed E-state index contributed by atoms with van der Waals surface area (Å²) in [5, 5.41) is 8.48. The van der Waals surface area contributed by atoms with Crippen molar-refractivity contribution >= 4 is 11.9 Å². The Morgan fingerprint density at radius 1 is 1.42 bits per heavy atom. The van der Waals surface area contributed by atoms with Crippen LogP contribution in [0.2, 0.25) is 0 Å². The molecule has 0 aliphatic rings. The molecule has 8 nitrogen and oxygen atoms in total. The minimum atomic E-state index is -0.919. The summed E-state index contributed by atoms with van der Waals surface area (Å²) in [5.41, 5.74) is -1.18. The largest absolute Gasteiger partial charge is 0.481 e. The van der Waals surface area contributed by atoms with E-state index in [1.807, 2.05) is 4.98 Å². The van der Waals surface area contributed by atoms with E-state index < -0.39 is 17.2 Å². The zero-order chi connectivity index (χ0) is 14.4. The lowest BCUT2D eigenvalue weighted by atomic mass is 10.3. The molecule has 0 unspecified atom stereocenters. The van der Waals surface area contributed by atoms with E-state index in [1.54, 1.807) is 0 Å². The van der Waals surface area contributed by atoms with Gasteiger partial charge in [0.15, 0.2) is 0 Å². The van der Waals surface area contributed by atoms with Crippen LogP contribution in [0.5, 0.6) is 0 Å². The van der Waals surface area contributed by atoms with Gasteiger partial charge in [-0.3, -0.25) is 23.9 Å². The van der Waals surface area contributed by atoms with Crippen LogP contribution in [-0.2, 0) is 16.1 Å². The second-order valence-corrected chi connectivity index (χ2v) is 4.05. The van der Waals surface area contributed by atoms with E-state index in [2.05, 4.69) is 0 Å². The quantitative estimate of drug-likeness (QED) is 0.677. The number of hydrogen-bond acceptors (Lipinski definition) is 4. The number of amides is 1. The fourth-order valence-electron chi connectivity index (χ4n) is 1.43. The summed E-state index contributed by atoms with van der Waals surface area (Å²) in [6.45, 7) is 0.0996. The third-order valence-corrected chi connectivity index (χ3v) is 2.51. The molecule has 1 rings (SSSR count). The number of carboxylic acids is 1. The van der Waals surface area contributed by atoms with Gasteiger partial charge in [0.05, 0.1) is 0 Å². The number of aromatic nitrogens is 2. The van der Waals surface area contributed by atoms with Gasteiger partial charge in [0.2, 0.25) is 5.91 Å². The van der Waals surface area contributed by atoms with Gasteiger partial charge in [-0.05, 0) is 6.42 Å². The molecule has 1 amide bonds. The maximum absolute atomic E-state index is 11.8. The van der Waals surface area contributed by atoms with E-state index in [9.17, 15) is 19.2 Å². The van der Waals surface area contributed by atoms with Crippen molar-refractivity contribution in [2.24, 2.45) is 0 Å². The van der Waals surface area contributed by atoms with Gasteiger partial charge in [-0.1, -0.05) is 0 Å². The highest BCUT2D eigenvalue weighted by Gasteiger charge is 2.10. The van der Waals surface area contributed by atoms with Gasteiger partial charge >= 0.3 is 11.7 Å². The van der Waals surface area contributed by atoms with Crippen LogP contribution >= 0.6 is 0 Å². The van der Waals surface area contributed by atoms with Gasteiger partial charge in [0.1, 0.15) is 6.54 Å². The number of nitrogens with one attached hydrogen (secondary N) is 1. The normalized spacial score (nSPS) is 10.2. The number of likely N-dealkylation sites (N-methyl/N-ethyl adjacent to an activating group) is 1. The fraction of sp³-hybridized carbons (Fsp3) is 0.455. The smallest absolute Gasteiger partial charge is 0.328 e. The molecule has 0 saturated carbocycles. The predicted octanol–water partition coefficient (Wildman–Crippen LogP) is -1.14. The minimum absolute atomic E-state index is 0.0176. The minimum Gasteiger partial charge on any atom is -0.481 e. The van der Waals surface area contributed by atoms with E-state index in [1.165, 1.54) is 18.1 Å². The predicted molar refractivity (Wildman–Crippen MR) is 65.8 cm³/mol. The first-order valence-corrected chi connectivity index (χ1v) is 5.65. The molecule has 0 radical (unpaired) electrons. The van der Waals surface area contributed by atoms with Crippen LogP contribution in [0.3, 0.4) is 0 Å². The number of H-pyrrole nitrogens is 1. The summed E-state index contributed by atoms with van der Waals surface area (Å²) in [6, 6.07) is 1.15. The van der Waals surface area contributed by atoms with E-state index in [0.717, 1.165) is 10.6 Å². The van der Waals surface area contributed by atoms with Crippen molar-refractivity contribution in [3.8, 4) is 0 Å². The molecule has 19 heavy (non-hydrogen) atoms. The van der Waals surface area contributed by atoms with E-state index >= 15 is 0 Å². The van der Waals surface area contributed by atoms with Crippen molar-refractivity contribution < 1.29 is 14.7 Å². The molecular formula is C11H15N3O5. The van der Waals surface area contributed by atoms with Crippen LogP contribution in [0.15, 0.2) is 21.9 Å². The number of aliphatic carboxylic acids is 1. The van der Waals surface area contributed by atoms with E-state index in [4.69, 9.17) is 5.11 Å². The number of rotatable bonds is 6. The Labute approximate surface area is 108 Å². The first-order valence-electron chi connectivity index (χ1n) is 5.65. The number of hydrogen-bond donors (Lipinski definition) is 2. The average Bonchev–Trinajstić information content (AvgIpc) is 2.32. The highest BCUT2D eigenvalue weighted by molar-refractivity contribution is 5.75. The molecule has 0 bridgehead atoms. The number of carbonyl (C=O) groups excluding carboxylic acids is 1. The summed E-state index contributed by atoms with van der Waals surface area (Å²) in [6.07, 6.45) is 1.57. The molecule has 0 atom stereocenters. The lowest BCUT2D eigenvalue weighted by Crippen LogP contribution is -2.36. The third kappa shape index (κ3) is 4.78. The van der Waals surface area contributed by atoms with Gasteiger partial charge < -0.3 is 10.0 Å². The second kappa shape index (κ2) is 6.53. The SMILES string of the molecule is CN(CCCC(=O)O)C(=O)Cn1ccc(=O)[nH]c1=O. The zero-order valence-corrected chi connectivity index (χ0v) is 10.5. The number of aromatic amines is 1. The molecule has 104 valence electrons. The fourth-order valence-corrected chi connectivity index (χ4v) is 1.43. The first-order chi connectivity index (χ1) is 8.90. The molecule has 2 N–H and O–H groups in total. The van der Waals surface area contributed by atoms with Crippen LogP contribution in [0.25, 0.3) is 0 Å². The molecule has 0 aliphatic heterocycles. The standard InChI is InChI=1S/C11H15N3O5/c1-13(5-2-3-10(17)18)9(16)7-14-6-4-8(15)12-11(14)19/h4,6H,2-3,5,7H2,1H3,(H,17,18)(H,12,15,19). The molecule has 0 saturated heterocycles. The number of carboxylic acid groups (broad SMARTS) is 1. The van der Waals surface area contributed by atoms with Gasteiger partial charge in [-0.15, -0.1) is 0 Å². The van der Waals surface area contributed by atoms with Crippen molar-refractivity contribution in [1.82, 2.24) is 14.5 Å². The molecule has 1 aromatic heterocycles. The van der Waals surface area contributed by atoms with Gasteiger partial charge in [0.25, 0.3) is 5.56 Å². The van der Waals surface area contributed by atoms with E-state index in [-0.39, 0.29) is 18.9 Å². The Morgan fingerprint density at radius 2 is 2.11 bits per heavy atom. The molecular weight excluding hydrogens is 254 g/mol. The summed E-state index contributed by atoms with van der Waals surface area (Å²) in [4.78, 5) is 47.7. The first kappa shape index (κ1) is 14.7. The highest BCUT2D eigenvalue weighted by atomic mass is 16.4. The van der Waals surface area contributed by atoms with Gasteiger partial charge in [0, 0.05) is 32.3 Å². The Bertz CT molecular complexity index is 574. The lowest BCUT2D eigenvalue weighted by Gasteiger charge is -2.17. The molecule has 0 aliphatic carbocycles. The van der Waals surface area contributed by atoms with E-state index in [0.29, 0.717) is 13.0 Å². The topological polar surface area (TPSA) is 112 Å². The molecule has 0 aromatic carbocycles. The van der Waals surface area contributed by atoms with Crippen molar-refractivity contribution in [3.05, 3.63) is 33.1 Å². The highest BCUT2D eigenvalue weighted by Crippen LogP contribution is 1.95. The Kier molecular flexibility index (Phi) is 5.04. The summed E-state index contributed by atoms with van der Waals surface area (Å²) < 4.78 is 1.08. The Hall–Kier alpha value is -2.38. The monoisotopic (exact) mass is 269 g/mol. The second-order valence-electron chi connectivity index (χ2n) is 4.05. The molecule has 0 spiro atoms. The van der Waals surface area contributed by atoms with Crippen LogP contribution < -0.4 is 11.2 Å². The van der Waals surface area contributed by atoms with Gasteiger partial charge in [-0.2, -0.15) is 0 Å². The zero-order valence-electron chi connectivity index (χ0n) is 10.5. The number of carbonyl (C=O) groups is 2. The molecule has 1 aromatic rings. The van der Waals surface area contributed by atoms with Crippen LogP contribution in [-0.4, -0.2) is 45.0 Å². The van der Waals surface area contributed by atoms with Crippen LogP contribution in [0.1, 0.15) is 12.8 Å². The summed E-state index contributed by atoms with van der Waals surface area (Å²) in [5.74, 6) is -1.25. The third-order valence-electron chi connectivity index (χ3n) is 2.51. The van der Waals surface area contributed by atoms with Crippen molar-refractivity contribution in [2.45, 2.75) is 19.4 Å². The van der Waals surface area contributed by atoms with Crippen LogP contribution in [0.4, 0.5) is 0 Å². The van der Waals surface area contributed by atoms with Crippen molar-refractivity contribution in [3.63, 3.8) is 0 Å². The van der Waals surface area contributed by atoms with Crippen molar-refractivity contribution in [1.29, 1.82) is 0 Å². The summed E-state index contributed by atoms with van der Waals surface area (Å²) >= 11 is 0. The van der Waals surface area contributed by atoms with Gasteiger partial charge in [-0.25, -0.2) is 4.79 Å². The average molecular weight is 269 g/mol.